The first-order valence-corrected chi connectivity index (χ1v) is 3.64. The van der Waals surface area contributed by atoms with E-state index >= 15 is 0 Å². The summed E-state index contributed by atoms with van der Waals surface area (Å²) in [4.78, 5) is 0. The molecule has 0 saturated carbocycles. The maximum Gasteiger partial charge on any atom is 0.109 e. The highest BCUT2D eigenvalue weighted by atomic mass is 16.4. The topological polar surface area (TPSA) is 98.7 Å². The van der Waals surface area contributed by atoms with E-state index < -0.39 is 18.3 Å². The molecule has 1 rings (SSSR count). The summed E-state index contributed by atoms with van der Waals surface area (Å²) >= 11 is 0. The Morgan fingerprint density at radius 2 is 1.91 bits per heavy atom. The van der Waals surface area contributed by atoms with Gasteiger partial charge in [0.25, 0.3) is 0 Å². The molecule has 1 saturated heterocycles. The van der Waals surface area contributed by atoms with Gasteiger partial charge >= 0.3 is 0 Å². The molecule has 5 heteroatoms. The smallest absolute Gasteiger partial charge is 0.109 e. The summed E-state index contributed by atoms with van der Waals surface area (Å²) in [6.07, 6.45) is -2.94. The summed E-state index contributed by atoms with van der Waals surface area (Å²) in [6.45, 7) is 0.533. The molecule has 0 spiro atoms. The van der Waals surface area contributed by atoms with Crippen LogP contribution in [0.1, 0.15) is 0 Å². The molecule has 5 nitrogen and oxygen atoms in total. The molecular formula is C6H14N2O3. The zero-order valence-corrected chi connectivity index (χ0v) is 6.14. The summed E-state index contributed by atoms with van der Waals surface area (Å²) in [5.74, 6) is 0. The third-order valence-electron chi connectivity index (χ3n) is 2.00. The van der Waals surface area contributed by atoms with Crippen molar-refractivity contribution in [3.63, 3.8) is 0 Å². The summed E-state index contributed by atoms with van der Waals surface area (Å²) < 4.78 is 0. The van der Waals surface area contributed by atoms with Crippen molar-refractivity contribution in [2.75, 3.05) is 13.1 Å². The molecule has 0 aliphatic carbocycles. The van der Waals surface area contributed by atoms with Crippen LogP contribution in [0.4, 0.5) is 0 Å². The van der Waals surface area contributed by atoms with Crippen molar-refractivity contribution in [1.82, 2.24) is 5.32 Å². The highest BCUT2D eigenvalue weighted by Crippen LogP contribution is 2.09. The molecule has 0 aromatic rings. The molecule has 6 N–H and O–H groups in total. The van der Waals surface area contributed by atoms with Crippen LogP contribution in [0.2, 0.25) is 0 Å². The van der Waals surface area contributed by atoms with E-state index in [0.717, 1.165) is 0 Å². The molecule has 0 unspecified atom stereocenters. The Morgan fingerprint density at radius 3 is 2.45 bits per heavy atom. The Kier molecular flexibility index (Phi) is 2.80. The normalized spacial score (nSPS) is 45.8. The number of rotatable bonds is 1. The van der Waals surface area contributed by atoms with Crippen molar-refractivity contribution < 1.29 is 15.3 Å². The van der Waals surface area contributed by atoms with E-state index in [1.165, 1.54) is 0 Å². The van der Waals surface area contributed by atoms with Gasteiger partial charge in [0.05, 0.1) is 12.2 Å². The third-order valence-corrected chi connectivity index (χ3v) is 2.00. The van der Waals surface area contributed by atoms with Gasteiger partial charge in [-0.05, 0) is 0 Å². The van der Waals surface area contributed by atoms with Crippen LogP contribution >= 0.6 is 0 Å². The van der Waals surface area contributed by atoms with Gasteiger partial charge in [0, 0.05) is 19.1 Å². The van der Waals surface area contributed by atoms with E-state index in [-0.39, 0.29) is 19.1 Å². The molecule has 1 fully saturated rings. The van der Waals surface area contributed by atoms with E-state index in [1.807, 2.05) is 0 Å². The Labute approximate surface area is 64.8 Å². The average Bonchev–Trinajstić information content (AvgIpc) is 2.01. The summed E-state index contributed by atoms with van der Waals surface area (Å²) in [5, 5.41) is 30.3. The van der Waals surface area contributed by atoms with Crippen molar-refractivity contribution in [1.29, 1.82) is 0 Å². The van der Waals surface area contributed by atoms with Crippen molar-refractivity contribution in [3.8, 4) is 0 Å². The third kappa shape index (κ3) is 1.69. The first-order chi connectivity index (χ1) is 5.16. The lowest BCUT2D eigenvalue weighted by atomic mass is 9.96. The predicted molar refractivity (Wildman–Crippen MR) is 38.9 cm³/mol. The van der Waals surface area contributed by atoms with Crippen molar-refractivity contribution in [2.45, 2.75) is 24.4 Å². The van der Waals surface area contributed by atoms with Gasteiger partial charge in [0.1, 0.15) is 6.10 Å². The zero-order chi connectivity index (χ0) is 8.43. The number of nitrogens with two attached hydrogens (primary N) is 1. The molecule has 1 aliphatic heterocycles. The monoisotopic (exact) mass is 162 g/mol. The van der Waals surface area contributed by atoms with Crippen LogP contribution in [0.25, 0.3) is 0 Å². The number of nitrogens with one attached hydrogen (secondary N) is 1. The van der Waals surface area contributed by atoms with Crippen LogP contribution in [0.3, 0.4) is 0 Å². The van der Waals surface area contributed by atoms with Gasteiger partial charge in [-0.1, -0.05) is 0 Å². The fourth-order valence-corrected chi connectivity index (χ4v) is 1.20. The van der Waals surface area contributed by atoms with Gasteiger partial charge in [-0.25, -0.2) is 0 Å². The maximum atomic E-state index is 9.26. The molecule has 1 heterocycles. The van der Waals surface area contributed by atoms with Crippen LogP contribution in [0, 0.1) is 0 Å². The SMILES string of the molecule is NC[C@H]1NC[C@@H](O)[C@H](O)[C@H]1O. The minimum absolute atomic E-state index is 0.255. The Balaban J connectivity index is 2.52. The molecule has 11 heavy (non-hydrogen) atoms. The standard InChI is InChI=1S/C6H14N2O3/c7-1-3-5(10)6(11)4(9)2-8-3/h3-6,8-11H,1-2,7H2/t3-,4-,5+,6+/m1/s1. The van der Waals surface area contributed by atoms with Crippen molar-refractivity contribution in [3.05, 3.63) is 0 Å². The zero-order valence-electron chi connectivity index (χ0n) is 6.14. The molecule has 0 aromatic heterocycles. The molecule has 0 bridgehead atoms. The first-order valence-electron chi connectivity index (χ1n) is 3.64. The lowest BCUT2D eigenvalue weighted by molar-refractivity contribution is -0.0923. The molecule has 0 amide bonds. The van der Waals surface area contributed by atoms with E-state index in [4.69, 9.17) is 15.9 Å². The lowest BCUT2D eigenvalue weighted by Gasteiger charge is -2.35. The van der Waals surface area contributed by atoms with Gasteiger partial charge in [0.2, 0.25) is 0 Å². The van der Waals surface area contributed by atoms with E-state index in [9.17, 15) is 5.11 Å². The van der Waals surface area contributed by atoms with Crippen LogP contribution < -0.4 is 11.1 Å². The second-order valence-corrected chi connectivity index (χ2v) is 2.80. The van der Waals surface area contributed by atoms with Gasteiger partial charge in [0.15, 0.2) is 0 Å². The quantitative estimate of drug-likeness (QED) is 0.283. The van der Waals surface area contributed by atoms with E-state index in [1.54, 1.807) is 0 Å². The van der Waals surface area contributed by atoms with E-state index in [2.05, 4.69) is 5.32 Å². The number of piperidine rings is 1. The predicted octanol–water partition coefficient (Wildman–Crippen LogP) is -3.00. The lowest BCUT2D eigenvalue weighted by Crippen LogP contribution is -2.61. The number of aliphatic hydroxyl groups excluding tert-OH is 3. The summed E-state index contributed by atoms with van der Waals surface area (Å²) in [6, 6.07) is -0.312. The molecule has 66 valence electrons. The molecule has 0 aromatic carbocycles. The van der Waals surface area contributed by atoms with Gasteiger partial charge in [-0.15, -0.1) is 0 Å². The summed E-state index contributed by atoms with van der Waals surface area (Å²) in [7, 11) is 0. The largest absolute Gasteiger partial charge is 0.389 e. The minimum atomic E-state index is -1.08. The number of hydrogen-bond acceptors (Lipinski definition) is 5. The first kappa shape index (κ1) is 8.89. The van der Waals surface area contributed by atoms with E-state index in [0.29, 0.717) is 0 Å². The second kappa shape index (κ2) is 3.46. The average molecular weight is 162 g/mol. The van der Waals surface area contributed by atoms with Gasteiger partial charge in [-0.3, -0.25) is 0 Å². The number of aliphatic hydroxyl groups is 3. The fourth-order valence-electron chi connectivity index (χ4n) is 1.20. The molecule has 4 atom stereocenters. The highest BCUT2D eigenvalue weighted by Gasteiger charge is 2.35. The Hall–Kier alpha value is -0.200. The second-order valence-electron chi connectivity index (χ2n) is 2.80. The summed E-state index contributed by atoms with van der Waals surface area (Å²) in [5.41, 5.74) is 5.29. The van der Waals surface area contributed by atoms with Crippen molar-refractivity contribution >= 4 is 0 Å². The van der Waals surface area contributed by atoms with Crippen LogP contribution in [0.5, 0.6) is 0 Å². The van der Waals surface area contributed by atoms with Crippen molar-refractivity contribution in [2.24, 2.45) is 5.73 Å². The Bertz CT molecular complexity index is 131. The minimum Gasteiger partial charge on any atom is -0.389 e. The Morgan fingerprint density at radius 1 is 1.27 bits per heavy atom. The molecular weight excluding hydrogens is 148 g/mol. The van der Waals surface area contributed by atoms with Gasteiger partial charge < -0.3 is 26.4 Å². The van der Waals surface area contributed by atoms with Gasteiger partial charge in [-0.2, -0.15) is 0 Å². The number of β-amino-alcohol motifs (C(OH)–C–C–N with tert-alkyl or cyclic N) is 1. The molecule has 1 aliphatic rings. The maximum absolute atomic E-state index is 9.26. The van der Waals surface area contributed by atoms with Crippen LogP contribution in [0.15, 0.2) is 0 Å². The van der Waals surface area contributed by atoms with Crippen LogP contribution in [-0.4, -0.2) is 52.8 Å². The van der Waals surface area contributed by atoms with Crippen LogP contribution in [-0.2, 0) is 0 Å². The highest BCUT2D eigenvalue weighted by molar-refractivity contribution is 4.92. The number of hydrogen-bond donors (Lipinski definition) is 5. The molecule has 0 radical (unpaired) electrons. The fraction of sp³-hybridized carbons (Fsp3) is 1.00.